The summed E-state index contributed by atoms with van der Waals surface area (Å²) in [7, 11) is 0. The standard InChI is InChI=1S/C21H25N3/c1-2-8-19(18-9-4-3-5-10-18)15-23-17-24-14-13-22-16-20-11-6-7-12-21(20)24/h3-7,9-14,16,19,23H,2,8,15,17H2,1H3. The molecule has 1 aliphatic rings. The number of para-hydroxylation sites is 1. The van der Waals surface area contributed by atoms with Gasteiger partial charge in [-0.1, -0.05) is 61.9 Å². The van der Waals surface area contributed by atoms with Gasteiger partial charge in [0.25, 0.3) is 0 Å². The Kier molecular flexibility index (Phi) is 5.80. The van der Waals surface area contributed by atoms with E-state index < -0.39 is 0 Å². The zero-order chi connectivity index (χ0) is 16.6. The van der Waals surface area contributed by atoms with Crippen molar-refractivity contribution in [2.75, 3.05) is 18.1 Å². The van der Waals surface area contributed by atoms with Gasteiger partial charge in [0.05, 0.1) is 12.4 Å². The Hall–Kier alpha value is -2.39. The van der Waals surface area contributed by atoms with E-state index in [9.17, 15) is 0 Å². The lowest BCUT2D eigenvalue weighted by atomic mass is 9.94. The van der Waals surface area contributed by atoms with Gasteiger partial charge in [-0.05, 0) is 24.0 Å². The van der Waals surface area contributed by atoms with Crippen LogP contribution in [-0.2, 0) is 0 Å². The molecule has 0 spiro atoms. The molecule has 1 aliphatic heterocycles. The molecule has 3 rings (SSSR count). The summed E-state index contributed by atoms with van der Waals surface area (Å²) in [6.45, 7) is 4.01. The normalized spacial score (nSPS) is 14.3. The topological polar surface area (TPSA) is 27.6 Å². The molecule has 0 aliphatic carbocycles. The van der Waals surface area contributed by atoms with E-state index in [4.69, 9.17) is 0 Å². The van der Waals surface area contributed by atoms with E-state index in [1.807, 2.05) is 18.6 Å². The predicted molar refractivity (Wildman–Crippen MR) is 103 cm³/mol. The molecule has 2 aromatic rings. The number of nitrogens with one attached hydrogen (secondary N) is 1. The van der Waals surface area contributed by atoms with Crippen LogP contribution >= 0.6 is 0 Å². The third kappa shape index (κ3) is 4.12. The van der Waals surface area contributed by atoms with Crippen LogP contribution in [0.1, 0.15) is 36.8 Å². The summed E-state index contributed by atoms with van der Waals surface area (Å²) in [5, 5.41) is 3.63. The summed E-state index contributed by atoms with van der Waals surface area (Å²) in [5.41, 5.74) is 3.76. The van der Waals surface area contributed by atoms with Crippen LogP contribution in [0.15, 0.2) is 72.0 Å². The highest BCUT2D eigenvalue weighted by Gasteiger charge is 2.12. The van der Waals surface area contributed by atoms with Gasteiger partial charge < -0.3 is 4.90 Å². The molecule has 1 heterocycles. The maximum atomic E-state index is 4.31. The van der Waals surface area contributed by atoms with Gasteiger partial charge >= 0.3 is 0 Å². The highest BCUT2D eigenvalue weighted by molar-refractivity contribution is 5.89. The lowest BCUT2D eigenvalue weighted by Gasteiger charge is -2.24. The Morgan fingerprint density at radius 3 is 2.67 bits per heavy atom. The van der Waals surface area contributed by atoms with E-state index in [0.29, 0.717) is 5.92 Å². The van der Waals surface area contributed by atoms with Crippen molar-refractivity contribution in [1.82, 2.24) is 5.32 Å². The molecule has 124 valence electrons. The van der Waals surface area contributed by atoms with E-state index in [1.54, 1.807) is 0 Å². The molecule has 1 N–H and O–H groups in total. The van der Waals surface area contributed by atoms with Gasteiger partial charge in [-0.2, -0.15) is 0 Å². The Labute approximate surface area is 144 Å². The Morgan fingerprint density at radius 1 is 1.04 bits per heavy atom. The van der Waals surface area contributed by atoms with Gasteiger partial charge in [-0.15, -0.1) is 0 Å². The summed E-state index contributed by atoms with van der Waals surface area (Å²) in [6, 6.07) is 19.2. The molecular weight excluding hydrogens is 294 g/mol. The number of hydrogen-bond acceptors (Lipinski definition) is 3. The molecule has 0 saturated carbocycles. The van der Waals surface area contributed by atoms with Crippen LogP contribution in [0.5, 0.6) is 0 Å². The van der Waals surface area contributed by atoms with Crippen LogP contribution < -0.4 is 10.2 Å². The van der Waals surface area contributed by atoms with E-state index in [1.165, 1.54) is 24.1 Å². The highest BCUT2D eigenvalue weighted by atomic mass is 15.2. The zero-order valence-corrected chi connectivity index (χ0v) is 14.2. The van der Waals surface area contributed by atoms with Crippen molar-refractivity contribution in [3.8, 4) is 0 Å². The van der Waals surface area contributed by atoms with Gasteiger partial charge in [-0.25, -0.2) is 0 Å². The lowest BCUT2D eigenvalue weighted by molar-refractivity contribution is 0.547. The average molecular weight is 319 g/mol. The number of nitrogens with zero attached hydrogens (tertiary/aromatic N) is 2. The number of aliphatic imine (C=N–C) groups is 1. The van der Waals surface area contributed by atoms with Crippen molar-refractivity contribution < 1.29 is 0 Å². The summed E-state index contributed by atoms with van der Waals surface area (Å²) in [4.78, 5) is 6.53. The fraction of sp³-hybridized carbons (Fsp3) is 0.286. The number of rotatable bonds is 7. The van der Waals surface area contributed by atoms with Crippen LogP contribution in [0.25, 0.3) is 0 Å². The number of anilines is 1. The molecule has 0 aromatic heterocycles. The Morgan fingerprint density at radius 2 is 1.83 bits per heavy atom. The summed E-state index contributed by atoms with van der Waals surface area (Å²) in [5.74, 6) is 0.554. The summed E-state index contributed by atoms with van der Waals surface area (Å²) in [6.07, 6.45) is 8.19. The SMILES string of the molecule is CCCC(CNCN1C=CN=Cc2ccccc21)c1ccccc1. The smallest absolute Gasteiger partial charge is 0.0726 e. The summed E-state index contributed by atoms with van der Waals surface area (Å²) < 4.78 is 0. The second-order valence-corrected chi connectivity index (χ2v) is 6.11. The highest BCUT2D eigenvalue weighted by Crippen LogP contribution is 2.22. The van der Waals surface area contributed by atoms with E-state index >= 15 is 0 Å². The van der Waals surface area contributed by atoms with Crippen molar-refractivity contribution in [3.05, 3.63) is 78.1 Å². The quantitative estimate of drug-likeness (QED) is 0.812. The van der Waals surface area contributed by atoms with Crippen molar-refractivity contribution in [2.24, 2.45) is 4.99 Å². The Balaban J connectivity index is 1.63. The minimum Gasteiger partial charge on any atom is -0.333 e. The molecular formula is C21H25N3. The number of benzene rings is 2. The molecule has 0 radical (unpaired) electrons. The minimum absolute atomic E-state index is 0.554. The van der Waals surface area contributed by atoms with Crippen molar-refractivity contribution >= 4 is 11.9 Å². The van der Waals surface area contributed by atoms with Crippen LogP contribution in [0.4, 0.5) is 5.69 Å². The first kappa shape index (κ1) is 16.5. The molecule has 1 atom stereocenters. The first-order chi connectivity index (χ1) is 11.9. The maximum absolute atomic E-state index is 4.31. The van der Waals surface area contributed by atoms with Gasteiger partial charge in [0, 0.05) is 30.7 Å². The van der Waals surface area contributed by atoms with E-state index in [0.717, 1.165) is 18.8 Å². The molecule has 24 heavy (non-hydrogen) atoms. The second-order valence-electron chi connectivity index (χ2n) is 6.11. The monoisotopic (exact) mass is 319 g/mol. The lowest BCUT2D eigenvalue weighted by Crippen LogP contribution is -2.33. The van der Waals surface area contributed by atoms with Crippen LogP contribution in [-0.4, -0.2) is 19.4 Å². The molecule has 3 heteroatoms. The molecule has 2 aromatic carbocycles. The fourth-order valence-corrected chi connectivity index (χ4v) is 3.14. The molecule has 0 amide bonds. The first-order valence-corrected chi connectivity index (χ1v) is 8.69. The molecule has 3 nitrogen and oxygen atoms in total. The largest absolute Gasteiger partial charge is 0.333 e. The van der Waals surface area contributed by atoms with Crippen LogP contribution in [0, 0.1) is 0 Å². The van der Waals surface area contributed by atoms with Crippen molar-refractivity contribution in [2.45, 2.75) is 25.7 Å². The molecule has 1 unspecified atom stereocenters. The zero-order valence-electron chi connectivity index (χ0n) is 14.2. The van der Waals surface area contributed by atoms with Crippen LogP contribution in [0.2, 0.25) is 0 Å². The fourth-order valence-electron chi connectivity index (χ4n) is 3.14. The number of hydrogen-bond donors (Lipinski definition) is 1. The van der Waals surface area contributed by atoms with Crippen LogP contribution in [0.3, 0.4) is 0 Å². The van der Waals surface area contributed by atoms with Gasteiger partial charge in [0.2, 0.25) is 0 Å². The molecule has 0 saturated heterocycles. The van der Waals surface area contributed by atoms with Gasteiger partial charge in [-0.3, -0.25) is 10.3 Å². The van der Waals surface area contributed by atoms with Gasteiger partial charge in [0.1, 0.15) is 0 Å². The second kappa shape index (κ2) is 8.46. The first-order valence-electron chi connectivity index (χ1n) is 8.69. The summed E-state index contributed by atoms with van der Waals surface area (Å²) >= 11 is 0. The van der Waals surface area contributed by atoms with E-state index in [-0.39, 0.29) is 0 Å². The molecule has 0 fully saturated rings. The minimum atomic E-state index is 0.554. The number of fused-ring (bicyclic) bond motifs is 1. The predicted octanol–water partition coefficient (Wildman–Crippen LogP) is 4.53. The average Bonchev–Trinajstić information content (AvgIpc) is 2.84. The third-order valence-electron chi connectivity index (χ3n) is 4.37. The third-order valence-corrected chi connectivity index (χ3v) is 4.37. The molecule has 0 bridgehead atoms. The maximum Gasteiger partial charge on any atom is 0.0726 e. The van der Waals surface area contributed by atoms with Crippen molar-refractivity contribution in [3.63, 3.8) is 0 Å². The van der Waals surface area contributed by atoms with Gasteiger partial charge in [0.15, 0.2) is 0 Å². The van der Waals surface area contributed by atoms with Crippen molar-refractivity contribution in [1.29, 1.82) is 0 Å². The van der Waals surface area contributed by atoms with E-state index in [2.05, 4.69) is 76.7 Å². The Bertz CT molecular complexity index is 691.